The number of hydrogen-bond donors (Lipinski definition) is 2. The number of nitrogens with two attached hydrogens (primary N) is 1. The molecule has 0 atom stereocenters. The number of benzene rings is 1. The monoisotopic (exact) mass is 250 g/mol. The second-order valence-electron chi connectivity index (χ2n) is 3.65. The minimum Gasteiger partial charge on any atom is -0.466 e. The number of nitrogen functional groups attached to an aromatic ring is 1. The van der Waals surface area contributed by atoms with Crippen LogP contribution in [-0.4, -0.2) is 24.6 Å². The molecular weight excluding hydrogens is 236 g/mol. The Morgan fingerprint density at radius 1 is 1.41 bits per heavy atom. The normalized spacial score (nSPS) is 14.9. The maximum atomic E-state index is 11.5. The summed E-state index contributed by atoms with van der Waals surface area (Å²) < 4.78 is 4.75. The first-order chi connectivity index (χ1) is 8.22. The molecule has 1 aromatic rings. The lowest BCUT2D eigenvalue weighted by Crippen LogP contribution is -2.11. The quantitative estimate of drug-likeness (QED) is 0.633. The Morgan fingerprint density at radius 3 is 2.88 bits per heavy atom. The Hall–Kier alpha value is -1.62. The van der Waals surface area contributed by atoms with Gasteiger partial charge in [0.2, 0.25) is 0 Å². The molecular formula is C12H14N2O2S. The third kappa shape index (κ3) is 2.55. The van der Waals surface area contributed by atoms with Crippen LogP contribution in [0.2, 0.25) is 0 Å². The molecule has 1 aliphatic rings. The van der Waals surface area contributed by atoms with Crippen LogP contribution in [0.4, 0.5) is 11.4 Å². The van der Waals surface area contributed by atoms with E-state index in [1.54, 1.807) is 11.8 Å². The second kappa shape index (κ2) is 5.14. The van der Waals surface area contributed by atoms with E-state index in [0.717, 1.165) is 17.1 Å². The van der Waals surface area contributed by atoms with E-state index in [1.165, 1.54) is 7.11 Å². The molecule has 3 N–H and O–H groups in total. The summed E-state index contributed by atoms with van der Waals surface area (Å²) >= 11 is 1.68. The lowest BCUT2D eigenvalue weighted by Gasteiger charge is -2.11. The van der Waals surface area contributed by atoms with Crippen molar-refractivity contribution in [1.82, 2.24) is 0 Å². The standard InChI is InChI=1S/C12H14N2O2S/c1-16-12(15)8-6-17-7-11(8)14-10-5-3-2-4-9(10)13/h2-5,14H,6-7,13H2,1H3. The van der Waals surface area contributed by atoms with Crippen LogP contribution in [0, 0.1) is 0 Å². The van der Waals surface area contributed by atoms with Gasteiger partial charge in [-0.3, -0.25) is 0 Å². The Kier molecular flexibility index (Phi) is 3.58. The molecule has 0 spiro atoms. The van der Waals surface area contributed by atoms with E-state index in [9.17, 15) is 4.79 Å². The number of methoxy groups -OCH3 is 1. The van der Waals surface area contributed by atoms with Gasteiger partial charge in [-0.25, -0.2) is 4.79 Å². The van der Waals surface area contributed by atoms with Crippen LogP contribution in [-0.2, 0) is 9.53 Å². The maximum absolute atomic E-state index is 11.5. The number of nitrogens with one attached hydrogen (secondary N) is 1. The maximum Gasteiger partial charge on any atom is 0.336 e. The molecule has 0 bridgehead atoms. The number of thioether (sulfide) groups is 1. The van der Waals surface area contributed by atoms with Crippen LogP contribution in [0.25, 0.3) is 0 Å². The zero-order chi connectivity index (χ0) is 12.3. The first-order valence-corrected chi connectivity index (χ1v) is 6.37. The van der Waals surface area contributed by atoms with Gasteiger partial charge in [-0.15, -0.1) is 0 Å². The van der Waals surface area contributed by atoms with E-state index in [0.29, 0.717) is 17.0 Å². The van der Waals surface area contributed by atoms with Crippen LogP contribution in [0.1, 0.15) is 0 Å². The minimum atomic E-state index is -0.271. The molecule has 1 aliphatic heterocycles. The average molecular weight is 250 g/mol. The fraction of sp³-hybridized carbons (Fsp3) is 0.250. The predicted octanol–water partition coefficient (Wildman–Crippen LogP) is 1.85. The number of ether oxygens (including phenoxy) is 1. The largest absolute Gasteiger partial charge is 0.466 e. The number of hydrogen-bond acceptors (Lipinski definition) is 5. The number of esters is 1. The third-order valence-electron chi connectivity index (χ3n) is 2.54. The van der Waals surface area contributed by atoms with Crippen LogP contribution in [0.3, 0.4) is 0 Å². The highest BCUT2D eigenvalue weighted by atomic mass is 32.2. The van der Waals surface area contributed by atoms with Crippen LogP contribution >= 0.6 is 11.8 Å². The Labute approximate surface area is 104 Å². The van der Waals surface area contributed by atoms with E-state index in [-0.39, 0.29) is 5.97 Å². The molecule has 0 radical (unpaired) electrons. The molecule has 0 unspecified atom stereocenters. The molecule has 1 aromatic carbocycles. The summed E-state index contributed by atoms with van der Waals surface area (Å²) in [5.41, 5.74) is 8.92. The Bertz CT molecular complexity index is 471. The highest BCUT2D eigenvalue weighted by Gasteiger charge is 2.22. The summed E-state index contributed by atoms with van der Waals surface area (Å²) in [7, 11) is 1.40. The first-order valence-electron chi connectivity index (χ1n) is 5.22. The Balaban J connectivity index is 2.23. The summed E-state index contributed by atoms with van der Waals surface area (Å²) in [6, 6.07) is 7.49. The van der Waals surface area contributed by atoms with Gasteiger partial charge in [-0.05, 0) is 12.1 Å². The highest BCUT2D eigenvalue weighted by Crippen LogP contribution is 2.28. The number of rotatable bonds is 3. The number of anilines is 2. The molecule has 1 heterocycles. The van der Waals surface area contributed by atoms with Gasteiger partial charge >= 0.3 is 5.97 Å². The number of para-hydroxylation sites is 2. The van der Waals surface area contributed by atoms with Crippen molar-refractivity contribution < 1.29 is 9.53 Å². The van der Waals surface area contributed by atoms with Gasteiger partial charge in [0, 0.05) is 17.2 Å². The van der Waals surface area contributed by atoms with Crippen LogP contribution in [0.15, 0.2) is 35.5 Å². The minimum absolute atomic E-state index is 0.271. The van der Waals surface area contributed by atoms with E-state index in [2.05, 4.69) is 5.32 Å². The van der Waals surface area contributed by atoms with E-state index in [1.807, 2.05) is 24.3 Å². The van der Waals surface area contributed by atoms with E-state index < -0.39 is 0 Å². The van der Waals surface area contributed by atoms with Crippen molar-refractivity contribution >= 4 is 29.1 Å². The van der Waals surface area contributed by atoms with Gasteiger partial charge in [0.25, 0.3) is 0 Å². The zero-order valence-corrected chi connectivity index (χ0v) is 10.3. The van der Waals surface area contributed by atoms with Crippen molar-refractivity contribution in [2.75, 3.05) is 29.7 Å². The smallest absolute Gasteiger partial charge is 0.336 e. The summed E-state index contributed by atoms with van der Waals surface area (Å²) in [6.45, 7) is 0. The van der Waals surface area contributed by atoms with Gasteiger partial charge in [0.1, 0.15) is 0 Å². The SMILES string of the molecule is COC(=O)C1=C(Nc2ccccc2N)CSC1. The third-order valence-corrected chi connectivity index (χ3v) is 3.52. The van der Waals surface area contributed by atoms with Crippen LogP contribution in [0.5, 0.6) is 0 Å². The average Bonchev–Trinajstić information content (AvgIpc) is 2.79. The molecule has 0 aliphatic carbocycles. The van der Waals surface area contributed by atoms with Crippen molar-refractivity contribution in [2.45, 2.75) is 0 Å². The number of carbonyl (C=O) groups is 1. The summed E-state index contributed by atoms with van der Waals surface area (Å²) in [5, 5.41) is 3.21. The fourth-order valence-electron chi connectivity index (χ4n) is 1.62. The molecule has 17 heavy (non-hydrogen) atoms. The molecule has 0 saturated carbocycles. The molecule has 2 rings (SSSR count). The molecule has 0 amide bonds. The predicted molar refractivity (Wildman–Crippen MR) is 70.8 cm³/mol. The van der Waals surface area contributed by atoms with Crippen molar-refractivity contribution in [1.29, 1.82) is 0 Å². The zero-order valence-electron chi connectivity index (χ0n) is 9.53. The molecule has 0 aromatic heterocycles. The van der Waals surface area contributed by atoms with Crippen molar-refractivity contribution in [3.63, 3.8) is 0 Å². The van der Waals surface area contributed by atoms with Gasteiger partial charge in [-0.1, -0.05) is 12.1 Å². The topological polar surface area (TPSA) is 64.3 Å². The van der Waals surface area contributed by atoms with E-state index >= 15 is 0 Å². The summed E-state index contributed by atoms with van der Waals surface area (Å²) in [5.74, 6) is 1.19. The summed E-state index contributed by atoms with van der Waals surface area (Å²) in [4.78, 5) is 11.5. The molecule has 0 fully saturated rings. The Morgan fingerprint density at radius 2 is 2.18 bits per heavy atom. The van der Waals surface area contributed by atoms with Crippen LogP contribution < -0.4 is 11.1 Å². The van der Waals surface area contributed by atoms with Crippen molar-refractivity contribution in [2.24, 2.45) is 0 Å². The van der Waals surface area contributed by atoms with Crippen molar-refractivity contribution in [3.8, 4) is 0 Å². The lowest BCUT2D eigenvalue weighted by molar-refractivity contribution is -0.136. The van der Waals surface area contributed by atoms with Gasteiger partial charge in [0.15, 0.2) is 0 Å². The highest BCUT2D eigenvalue weighted by molar-refractivity contribution is 8.00. The molecule has 90 valence electrons. The molecule has 0 saturated heterocycles. The summed E-state index contributed by atoms with van der Waals surface area (Å²) in [6.07, 6.45) is 0. The van der Waals surface area contributed by atoms with Gasteiger partial charge in [-0.2, -0.15) is 11.8 Å². The lowest BCUT2D eigenvalue weighted by atomic mass is 10.2. The van der Waals surface area contributed by atoms with E-state index in [4.69, 9.17) is 10.5 Å². The molecule has 4 nitrogen and oxygen atoms in total. The van der Waals surface area contributed by atoms with Crippen molar-refractivity contribution in [3.05, 3.63) is 35.5 Å². The number of carbonyl (C=O) groups excluding carboxylic acids is 1. The van der Waals surface area contributed by atoms with Gasteiger partial charge < -0.3 is 15.8 Å². The fourth-order valence-corrected chi connectivity index (χ4v) is 2.67. The first kappa shape index (κ1) is 11.9. The molecule has 5 heteroatoms. The van der Waals surface area contributed by atoms with Gasteiger partial charge in [0.05, 0.1) is 24.1 Å². The second-order valence-corrected chi connectivity index (χ2v) is 4.64.